The number of nitrogens with one attached hydrogen (secondary N) is 2. The number of hydrogen-bond donors (Lipinski definition) is 2. The predicted octanol–water partition coefficient (Wildman–Crippen LogP) is 2.63. The number of ether oxygens (including phenoxy) is 1. The molecular formula is C18H32N4O. The monoisotopic (exact) mass is 320 g/mol. The molecule has 5 heteroatoms. The highest BCUT2D eigenvalue weighted by Crippen LogP contribution is 2.10. The smallest absolute Gasteiger partial charge is 0.191 e. The molecule has 0 saturated carbocycles. The number of aromatic nitrogens is 1. The van der Waals surface area contributed by atoms with Crippen molar-refractivity contribution in [3.05, 3.63) is 30.1 Å². The van der Waals surface area contributed by atoms with Crippen molar-refractivity contribution in [2.45, 2.75) is 46.6 Å². The normalized spacial score (nSPS) is 13.2. The maximum Gasteiger partial charge on any atom is 0.191 e. The molecule has 1 aromatic heterocycles. The SMILES string of the molecule is CCNC(=NCCC(OCC)C(C)C)NCCc1ccccn1. The molecule has 0 amide bonds. The molecule has 0 aliphatic heterocycles. The average Bonchev–Trinajstić information content (AvgIpc) is 2.55. The van der Waals surface area contributed by atoms with Crippen LogP contribution in [0.5, 0.6) is 0 Å². The van der Waals surface area contributed by atoms with Crippen LogP contribution in [-0.4, -0.2) is 43.3 Å². The fourth-order valence-corrected chi connectivity index (χ4v) is 2.32. The maximum atomic E-state index is 5.77. The van der Waals surface area contributed by atoms with E-state index in [1.165, 1.54) is 0 Å². The van der Waals surface area contributed by atoms with Gasteiger partial charge in [-0.25, -0.2) is 0 Å². The fraction of sp³-hybridized carbons (Fsp3) is 0.667. The van der Waals surface area contributed by atoms with Crippen LogP contribution in [0.2, 0.25) is 0 Å². The molecule has 0 bridgehead atoms. The number of hydrogen-bond acceptors (Lipinski definition) is 3. The zero-order chi connectivity index (χ0) is 16.9. The van der Waals surface area contributed by atoms with Crippen LogP contribution in [-0.2, 0) is 11.2 Å². The van der Waals surface area contributed by atoms with Gasteiger partial charge in [0.25, 0.3) is 0 Å². The molecule has 0 aromatic carbocycles. The Morgan fingerprint density at radius 1 is 1.26 bits per heavy atom. The second-order valence-corrected chi connectivity index (χ2v) is 5.78. The van der Waals surface area contributed by atoms with Gasteiger partial charge in [-0.05, 0) is 38.3 Å². The number of guanidine groups is 1. The Labute approximate surface area is 141 Å². The molecule has 23 heavy (non-hydrogen) atoms. The largest absolute Gasteiger partial charge is 0.378 e. The average molecular weight is 320 g/mol. The first-order chi connectivity index (χ1) is 11.2. The van der Waals surface area contributed by atoms with Gasteiger partial charge in [-0.2, -0.15) is 0 Å². The Morgan fingerprint density at radius 3 is 2.70 bits per heavy atom. The van der Waals surface area contributed by atoms with Gasteiger partial charge < -0.3 is 15.4 Å². The minimum Gasteiger partial charge on any atom is -0.378 e. The zero-order valence-corrected chi connectivity index (χ0v) is 15.0. The Kier molecular flexibility index (Phi) is 10.0. The third kappa shape index (κ3) is 8.55. The molecule has 0 spiro atoms. The summed E-state index contributed by atoms with van der Waals surface area (Å²) in [5.41, 5.74) is 1.09. The van der Waals surface area contributed by atoms with E-state index < -0.39 is 0 Å². The molecular weight excluding hydrogens is 288 g/mol. The standard InChI is InChI=1S/C18H32N4O/c1-5-19-18(21-13-10-16-9-7-8-12-20-16)22-14-11-17(15(3)4)23-6-2/h7-9,12,15,17H,5-6,10-11,13-14H2,1-4H3,(H2,19,21,22). The molecule has 1 rings (SSSR count). The first-order valence-corrected chi connectivity index (χ1v) is 8.71. The van der Waals surface area contributed by atoms with E-state index in [0.29, 0.717) is 5.92 Å². The Hall–Kier alpha value is -1.62. The van der Waals surface area contributed by atoms with E-state index in [1.54, 1.807) is 0 Å². The lowest BCUT2D eigenvalue weighted by molar-refractivity contribution is 0.0266. The lowest BCUT2D eigenvalue weighted by Gasteiger charge is -2.20. The van der Waals surface area contributed by atoms with Crippen LogP contribution in [0.4, 0.5) is 0 Å². The van der Waals surface area contributed by atoms with Crippen molar-refractivity contribution < 1.29 is 4.74 Å². The molecule has 0 radical (unpaired) electrons. The highest BCUT2D eigenvalue weighted by Gasteiger charge is 2.12. The highest BCUT2D eigenvalue weighted by atomic mass is 16.5. The van der Waals surface area contributed by atoms with Crippen LogP contribution in [0.25, 0.3) is 0 Å². The topological polar surface area (TPSA) is 58.5 Å². The minimum atomic E-state index is 0.278. The van der Waals surface area contributed by atoms with Gasteiger partial charge in [0.2, 0.25) is 0 Å². The summed E-state index contributed by atoms with van der Waals surface area (Å²) in [5.74, 6) is 1.38. The van der Waals surface area contributed by atoms with Crippen LogP contribution >= 0.6 is 0 Å². The first kappa shape index (κ1) is 19.4. The van der Waals surface area contributed by atoms with E-state index in [1.807, 2.05) is 31.3 Å². The van der Waals surface area contributed by atoms with Crippen molar-refractivity contribution >= 4 is 5.96 Å². The van der Waals surface area contributed by atoms with Gasteiger partial charge in [0.05, 0.1) is 6.10 Å². The van der Waals surface area contributed by atoms with E-state index in [2.05, 4.69) is 41.4 Å². The molecule has 1 unspecified atom stereocenters. The summed E-state index contributed by atoms with van der Waals surface area (Å²) in [6.45, 7) is 11.7. The van der Waals surface area contributed by atoms with Crippen LogP contribution in [0.15, 0.2) is 29.4 Å². The summed E-state index contributed by atoms with van der Waals surface area (Å²) < 4.78 is 5.77. The lowest BCUT2D eigenvalue weighted by Crippen LogP contribution is -2.38. The van der Waals surface area contributed by atoms with E-state index in [0.717, 1.165) is 50.7 Å². The Morgan fingerprint density at radius 2 is 2.09 bits per heavy atom. The van der Waals surface area contributed by atoms with Crippen LogP contribution in [0, 0.1) is 5.92 Å². The van der Waals surface area contributed by atoms with Crippen molar-refractivity contribution in [3.8, 4) is 0 Å². The van der Waals surface area contributed by atoms with Crippen LogP contribution in [0.3, 0.4) is 0 Å². The second kappa shape index (κ2) is 11.9. The Bertz CT molecular complexity index is 434. The van der Waals surface area contributed by atoms with Gasteiger partial charge in [-0.1, -0.05) is 19.9 Å². The number of nitrogens with zero attached hydrogens (tertiary/aromatic N) is 2. The summed E-state index contributed by atoms with van der Waals surface area (Å²) in [4.78, 5) is 8.97. The summed E-state index contributed by atoms with van der Waals surface area (Å²) in [5, 5.41) is 6.64. The molecule has 0 aliphatic carbocycles. The molecule has 0 fully saturated rings. The lowest BCUT2D eigenvalue weighted by atomic mass is 10.0. The van der Waals surface area contributed by atoms with E-state index >= 15 is 0 Å². The van der Waals surface area contributed by atoms with Crippen molar-refractivity contribution in [1.29, 1.82) is 0 Å². The van der Waals surface area contributed by atoms with E-state index in [-0.39, 0.29) is 6.10 Å². The third-order valence-corrected chi connectivity index (χ3v) is 3.55. The van der Waals surface area contributed by atoms with E-state index in [4.69, 9.17) is 4.74 Å². The molecule has 1 aromatic rings. The van der Waals surface area contributed by atoms with Crippen LogP contribution in [0.1, 0.15) is 39.8 Å². The van der Waals surface area contributed by atoms with Gasteiger partial charge in [0.1, 0.15) is 0 Å². The second-order valence-electron chi connectivity index (χ2n) is 5.78. The summed E-state index contributed by atoms with van der Waals surface area (Å²) >= 11 is 0. The quantitative estimate of drug-likeness (QED) is 0.514. The zero-order valence-electron chi connectivity index (χ0n) is 15.0. The summed E-state index contributed by atoms with van der Waals surface area (Å²) in [7, 11) is 0. The molecule has 2 N–H and O–H groups in total. The third-order valence-electron chi connectivity index (χ3n) is 3.55. The van der Waals surface area contributed by atoms with Gasteiger partial charge >= 0.3 is 0 Å². The number of aliphatic imine (C=N–C) groups is 1. The Balaban J connectivity index is 2.40. The number of pyridine rings is 1. The highest BCUT2D eigenvalue weighted by molar-refractivity contribution is 5.79. The molecule has 0 aliphatic rings. The van der Waals surface area contributed by atoms with Crippen molar-refractivity contribution in [2.24, 2.45) is 10.9 Å². The molecule has 1 heterocycles. The maximum absolute atomic E-state index is 5.77. The van der Waals surface area contributed by atoms with E-state index in [9.17, 15) is 0 Å². The fourth-order valence-electron chi connectivity index (χ4n) is 2.32. The van der Waals surface area contributed by atoms with Crippen molar-refractivity contribution in [1.82, 2.24) is 15.6 Å². The van der Waals surface area contributed by atoms with Gasteiger partial charge in [-0.3, -0.25) is 9.98 Å². The molecule has 130 valence electrons. The van der Waals surface area contributed by atoms with Gasteiger partial charge in [0.15, 0.2) is 5.96 Å². The van der Waals surface area contributed by atoms with Gasteiger partial charge in [0, 0.05) is 44.6 Å². The first-order valence-electron chi connectivity index (χ1n) is 8.71. The summed E-state index contributed by atoms with van der Waals surface area (Å²) in [6.07, 6.45) is 3.94. The van der Waals surface area contributed by atoms with Crippen LogP contribution < -0.4 is 10.6 Å². The van der Waals surface area contributed by atoms with Crippen molar-refractivity contribution in [2.75, 3.05) is 26.2 Å². The molecule has 0 saturated heterocycles. The number of rotatable bonds is 10. The summed E-state index contributed by atoms with van der Waals surface area (Å²) in [6, 6.07) is 5.99. The van der Waals surface area contributed by atoms with Gasteiger partial charge in [-0.15, -0.1) is 0 Å². The predicted molar refractivity (Wildman–Crippen MR) is 96.8 cm³/mol. The molecule has 1 atom stereocenters. The van der Waals surface area contributed by atoms with Crippen molar-refractivity contribution in [3.63, 3.8) is 0 Å². The molecule has 5 nitrogen and oxygen atoms in total. The minimum absolute atomic E-state index is 0.278.